The summed E-state index contributed by atoms with van der Waals surface area (Å²) in [6.07, 6.45) is 0.485. The van der Waals surface area contributed by atoms with Gasteiger partial charge in [-0.05, 0) is 31.0 Å². The molecule has 2 rings (SSSR count). The number of rotatable bonds is 6. The van der Waals surface area contributed by atoms with E-state index < -0.39 is 0 Å². The topological polar surface area (TPSA) is 70.4 Å². The Labute approximate surface area is 151 Å². The van der Waals surface area contributed by atoms with Crippen LogP contribution in [0.1, 0.15) is 17.7 Å². The lowest BCUT2D eigenvalue weighted by Gasteiger charge is -2.23. The molecule has 1 aromatic carbocycles. The van der Waals surface area contributed by atoms with Crippen LogP contribution < -0.4 is 5.32 Å². The highest BCUT2D eigenvalue weighted by Gasteiger charge is 2.16. The normalized spacial score (nSPS) is 10.7. The van der Waals surface area contributed by atoms with Crippen molar-refractivity contribution in [1.82, 2.24) is 14.7 Å². The van der Waals surface area contributed by atoms with Crippen LogP contribution in [0.5, 0.6) is 0 Å². The number of amides is 2. The summed E-state index contributed by atoms with van der Waals surface area (Å²) < 4.78 is 1.61. The van der Waals surface area contributed by atoms with E-state index in [9.17, 15) is 4.79 Å². The third-order valence-corrected chi connectivity index (χ3v) is 4.21. The molecule has 24 heavy (non-hydrogen) atoms. The molecule has 0 atom stereocenters. The van der Waals surface area contributed by atoms with E-state index in [2.05, 4.69) is 10.4 Å². The number of hydrogen-bond donors (Lipinski definition) is 2. The molecule has 0 unspecified atom stereocenters. The zero-order valence-electron chi connectivity index (χ0n) is 13.6. The molecule has 1 heterocycles. The van der Waals surface area contributed by atoms with Gasteiger partial charge in [0.25, 0.3) is 0 Å². The number of hydrogen-bond acceptors (Lipinski definition) is 3. The number of carbonyl (C=O) groups is 1. The summed E-state index contributed by atoms with van der Waals surface area (Å²) >= 11 is 12.0. The number of aryl methyl sites for hydroxylation is 2. The summed E-state index contributed by atoms with van der Waals surface area (Å²) in [5, 5.41) is 17.0. The average molecular weight is 371 g/mol. The molecular formula is C16H20Cl2N4O2. The molecule has 2 amide bonds. The molecule has 0 bridgehead atoms. The van der Waals surface area contributed by atoms with Crippen LogP contribution in [0.25, 0.3) is 0 Å². The molecule has 6 nitrogen and oxygen atoms in total. The van der Waals surface area contributed by atoms with Gasteiger partial charge in [-0.15, -0.1) is 0 Å². The molecule has 0 aliphatic carbocycles. The highest BCUT2D eigenvalue weighted by Crippen LogP contribution is 2.23. The molecule has 0 saturated heterocycles. The van der Waals surface area contributed by atoms with Gasteiger partial charge in [0.05, 0.1) is 15.7 Å². The number of carbonyl (C=O) groups excluding carboxylic acids is 1. The second-order valence-electron chi connectivity index (χ2n) is 5.47. The molecule has 2 aromatic rings. The van der Waals surface area contributed by atoms with Crippen molar-refractivity contribution in [2.75, 3.05) is 18.5 Å². The van der Waals surface area contributed by atoms with Crippen LogP contribution in [0.2, 0.25) is 10.0 Å². The van der Waals surface area contributed by atoms with Crippen molar-refractivity contribution >= 4 is 35.1 Å². The fraction of sp³-hybridized carbons (Fsp3) is 0.375. The Kier molecular flexibility index (Phi) is 6.48. The molecule has 130 valence electrons. The summed E-state index contributed by atoms with van der Waals surface area (Å²) in [6.45, 7) is 2.64. The Morgan fingerprint density at radius 3 is 2.67 bits per heavy atom. The van der Waals surface area contributed by atoms with E-state index in [-0.39, 0.29) is 12.6 Å². The van der Waals surface area contributed by atoms with Gasteiger partial charge in [0, 0.05) is 32.8 Å². The second kappa shape index (κ2) is 8.37. The minimum atomic E-state index is -0.266. The van der Waals surface area contributed by atoms with Crippen molar-refractivity contribution < 1.29 is 9.90 Å². The zero-order valence-corrected chi connectivity index (χ0v) is 15.1. The third kappa shape index (κ3) is 4.87. The summed E-state index contributed by atoms with van der Waals surface area (Å²) in [7, 11) is 1.76. The Morgan fingerprint density at radius 2 is 2.08 bits per heavy atom. The predicted octanol–water partition coefficient (Wildman–Crippen LogP) is 3.45. The van der Waals surface area contributed by atoms with Crippen LogP contribution in [0.3, 0.4) is 0 Å². The molecule has 0 fully saturated rings. The lowest BCUT2D eigenvalue weighted by atomic mass is 10.2. The maximum Gasteiger partial charge on any atom is 0.323 e. The van der Waals surface area contributed by atoms with E-state index in [1.165, 1.54) is 0 Å². The van der Waals surface area contributed by atoms with Crippen LogP contribution in [0.15, 0.2) is 24.3 Å². The number of benzene rings is 1. The highest BCUT2D eigenvalue weighted by atomic mass is 35.5. The lowest BCUT2D eigenvalue weighted by Crippen LogP contribution is -2.36. The monoisotopic (exact) mass is 370 g/mol. The molecule has 0 aliphatic heterocycles. The van der Waals surface area contributed by atoms with E-state index in [4.69, 9.17) is 28.3 Å². The Balaban J connectivity index is 2.12. The van der Waals surface area contributed by atoms with Crippen molar-refractivity contribution in [2.45, 2.75) is 19.9 Å². The summed E-state index contributed by atoms with van der Waals surface area (Å²) in [4.78, 5) is 14.2. The van der Waals surface area contributed by atoms with Gasteiger partial charge in [-0.2, -0.15) is 5.10 Å². The summed E-state index contributed by atoms with van der Waals surface area (Å²) in [5.41, 5.74) is 1.68. The molecule has 1 aromatic heterocycles. The minimum Gasteiger partial charge on any atom is -0.396 e. The molecule has 8 heteroatoms. The first kappa shape index (κ1) is 18.6. The number of halogens is 2. The van der Waals surface area contributed by atoms with Gasteiger partial charge >= 0.3 is 6.03 Å². The number of aromatic nitrogens is 2. The maximum absolute atomic E-state index is 12.6. The fourth-order valence-corrected chi connectivity index (χ4v) is 2.61. The van der Waals surface area contributed by atoms with Gasteiger partial charge in [0.15, 0.2) is 0 Å². The third-order valence-electron chi connectivity index (χ3n) is 3.47. The number of anilines is 1. The second-order valence-corrected chi connectivity index (χ2v) is 6.29. The van der Waals surface area contributed by atoms with Gasteiger partial charge < -0.3 is 10.0 Å². The number of urea groups is 1. The highest BCUT2D eigenvalue weighted by molar-refractivity contribution is 6.42. The van der Waals surface area contributed by atoms with Crippen LogP contribution in [0, 0.1) is 6.92 Å². The number of nitrogens with zero attached hydrogens (tertiary/aromatic N) is 3. The smallest absolute Gasteiger partial charge is 0.323 e. The Hall–Kier alpha value is -1.76. The number of aliphatic hydroxyl groups is 1. The van der Waals surface area contributed by atoms with Gasteiger partial charge in [-0.1, -0.05) is 29.3 Å². The van der Waals surface area contributed by atoms with E-state index in [0.29, 0.717) is 35.4 Å². The molecule has 0 radical (unpaired) electrons. The van der Waals surface area contributed by atoms with Gasteiger partial charge in [0.1, 0.15) is 5.82 Å². The number of aliphatic hydroxyl groups excluding tert-OH is 1. The van der Waals surface area contributed by atoms with Crippen molar-refractivity contribution in [1.29, 1.82) is 0 Å². The largest absolute Gasteiger partial charge is 0.396 e. The standard InChI is InChI=1S/C16H20Cl2N4O2/c1-11-8-15(21(2)20-11)19-16(24)22(6-3-7-23)10-12-4-5-13(17)14(18)9-12/h4-5,8-9,23H,3,6-7,10H2,1-2H3,(H,19,24). The SMILES string of the molecule is Cc1cc(NC(=O)N(CCCO)Cc2ccc(Cl)c(Cl)c2)n(C)n1. The van der Waals surface area contributed by atoms with Crippen molar-refractivity contribution in [2.24, 2.45) is 7.05 Å². The van der Waals surface area contributed by atoms with E-state index in [1.54, 1.807) is 34.8 Å². The average Bonchev–Trinajstić information content (AvgIpc) is 2.84. The fourth-order valence-electron chi connectivity index (χ4n) is 2.29. The van der Waals surface area contributed by atoms with Crippen LogP contribution >= 0.6 is 23.2 Å². The Bertz CT molecular complexity index is 718. The van der Waals surface area contributed by atoms with E-state index >= 15 is 0 Å². The molecule has 0 saturated carbocycles. The lowest BCUT2D eigenvalue weighted by molar-refractivity contribution is 0.199. The first-order valence-corrected chi connectivity index (χ1v) is 8.27. The quantitative estimate of drug-likeness (QED) is 0.817. The Morgan fingerprint density at radius 1 is 1.33 bits per heavy atom. The summed E-state index contributed by atoms with van der Waals surface area (Å²) in [6, 6.07) is 6.78. The predicted molar refractivity (Wildman–Crippen MR) is 95.5 cm³/mol. The van der Waals surface area contributed by atoms with Crippen LogP contribution in [-0.4, -0.2) is 39.0 Å². The van der Waals surface area contributed by atoms with Crippen molar-refractivity contribution in [3.63, 3.8) is 0 Å². The van der Waals surface area contributed by atoms with E-state index in [1.807, 2.05) is 13.0 Å². The van der Waals surface area contributed by atoms with Crippen molar-refractivity contribution in [3.8, 4) is 0 Å². The first-order valence-electron chi connectivity index (χ1n) is 7.52. The maximum atomic E-state index is 12.6. The van der Waals surface area contributed by atoms with E-state index in [0.717, 1.165) is 11.3 Å². The van der Waals surface area contributed by atoms with Gasteiger partial charge in [-0.25, -0.2) is 4.79 Å². The minimum absolute atomic E-state index is 0.00989. The van der Waals surface area contributed by atoms with Gasteiger partial charge in [-0.3, -0.25) is 10.00 Å². The molecular weight excluding hydrogens is 351 g/mol. The van der Waals surface area contributed by atoms with Crippen molar-refractivity contribution in [3.05, 3.63) is 45.6 Å². The molecule has 0 aliphatic rings. The first-order chi connectivity index (χ1) is 11.4. The summed E-state index contributed by atoms with van der Waals surface area (Å²) in [5.74, 6) is 0.612. The molecule has 0 spiro atoms. The van der Waals surface area contributed by atoms with Crippen LogP contribution in [0.4, 0.5) is 10.6 Å². The zero-order chi connectivity index (χ0) is 17.7. The van der Waals surface area contributed by atoms with Crippen LogP contribution in [-0.2, 0) is 13.6 Å². The van der Waals surface area contributed by atoms with Gasteiger partial charge in [0.2, 0.25) is 0 Å². The number of nitrogens with one attached hydrogen (secondary N) is 1. The molecule has 2 N–H and O–H groups in total.